The zero-order chi connectivity index (χ0) is 19.7. The van der Waals surface area contributed by atoms with Crippen molar-refractivity contribution in [1.29, 1.82) is 0 Å². The van der Waals surface area contributed by atoms with Crippen LogP contribution in [0.25, 0.3) is 22.0 Å². The summed E-state index contributed by atoms with van der Waals surface area (Å²) in [6.07, 6.45) is 7.85. The number of hydrogen-bond acceptors (Lipinski definition) is 4. The maximum atomic E-state index is 12.8. The molecular formula is C23H28N4O. The highest BCUT2D eigenvalue weighted by Crippen LogP contribution is 2.25. The van der Waals surface area contributed by atoms with Crippen LogP contribution in [0.2, 0.25) is 0 Å². The van der Waals surface area contributed by atoms with E-state index in [0.717, 1.165) is 46.6 Å². The molecule has 0 bridgehead atoms. The molecule has 0 amide bonds. The first-order valence-corrected chi connectivity index (χ1v) is 10.2. The first-order valence-electron chi connectivity index (χ1n) is 10.2. The summed E-state index contributed by atoms with van der Waals surface area (Å²) < 4.78 is 2.09. The van der Waals surface area contributed by atoms with Crippen molar-refractivity contribution in [3.05, 3.63) is 48.2 Å². The Morgan fingerprint density at radius 1 is 1.07 bits per heavy atom. The van der Waals surface area contributed by atoms with Gasteiger partial charge in [0.25, 0.3) is 0 Å². The third-order valence-corrected chi connectivity index (χ3v) is 6.05. The normalized spacial score (nSPS) is 16.4. The van der Waals surface area contributed by atoms with Crippen LogP contribution in [0, 0.1) is 6.92 Å². The van der Waals surface area contributed by atoms with E-state index in [-0.39, 0.29) is 11.8 Å². The van der Waals surface area contributed by atoms with Gasteiger partial charge in [0.05, 0.1) is 24.4 Å². The molecule has 1 fully saturated rings. The summed E-state index contributed by atoms with van der Waals surface area (Å²) in [5.74, 6) is 1.25. The van der Waals surface area contributed by atoms with Gasteiger partial charge < -0.3 is 4.57 Å². The van der Waals surface area contributed by atoms with E-state index in [4.69, 9.17) is 0 Å². The first-order chi connectivity index (χ1) is 13.5. The summed E-state index contributed by atoms with van der Waals surface area (Å²) in [5, 5.41) is 2.20. The van der Waals surface area contributed by atoms with E-state index in [9.17, 15) is 4.79 Å². The van der Waals surface area contributed by atoms with E-state index in [1.165, 1.54) is 19.3 Å². The Morgan fingerprint density at radius 2 is 1.86 bits per heavy atom. The summed E-state index contributed by atoms with van der Waals surface area (Å²) in [5.41, 5.74) is 3.06. The number of Topliss-reactive ketones (excluding diaryl/α,β-unsaturated/α-hetero) is 1. The number of hydrogen-bond donors (Lipinski definition) is 0. The molecule has 3 heterocycles. The SMILES string of the molecule is Cc1ncc(-c2ccc3cnc(CC(=O)C(C)N4CCCCC4)cc3c2)n1C. The number of benzene rings is 1. The molecule has 4 rings (SSSR count). The van der Waals surface area contributed by atoms with Crippen molar-refractivity contribution in [3.63, 3.8) is 0 Å². The van der Waals surface area contributed by atoms with Crippen LogP contribution >= 0.6 is 0 Å². The molecule has 1 saturated heterocycles. The van der Waals surface area contributed by atoms with Crippen molar-refractivity contribution in [2.45, 2.75) is 45.6 Å². The molecule has 3 aromatic rings. The molecule has 0 N–H and O–H groups in total. The first kappa shape index (κ1) is 18.8. The topological polar surface area (TPSA) is 51.0 Å². The molecule has 1 atom stereocenters. The third kappa shape index (κ3) is 3.72. The molecule has 0 radical (unpaired) electrons. The van der Waals surface area contributed by atoms with Crippen molar-refractivity contribution >= 4 is 16.6 Å². The van der Waals surface area contributed by atoms with Gasteiger partial charge in [-0.1, -0.05) is 18.6 Å². The number of rotatable bonds is 5. The third-order valence-electron chi connectivity index (χ3n) is 6.05. The van der Waals surface area contributed by atoms with E-state index in [0.29, 0.717) is 6.42 Å². The number of aryl methyl sites for hydroxylation is 1. The van der Waals surface area contributed by atoms with Crippen molar-refractivity contribution < 1.29 is 4.79 Å². The number of imidazole rings is 1. The van der Waals surface area contributed by atoms with Crippen LogP contribution in [-0.2, 0) is 18.3 Å². The van der Waals surface area contributed by atoms with Gasteiger partial charge >= 0.3 is 0 Å². The second-order valence-electron chi connectivity index (χ2n) is 7.90. The minimum absolute atomic E-state index is 0.0263. The van der Waals surface area contributed by atoms with E-state index in [1.807, 2.05) is 33.3 Å². The van der Waals surface area contributed by atoms with Gasteiger partial charge in [-0.3, -0.25) is 14.7 Å². The fourth-order valence-electron chi connectivity index (χ4n) is 4.05. The van der Waals surface area contributed by atoms with Gasteiger partial charge in [0, 0.05) is 29.9 Å². The van der Waals surface area contributed by atoms with Crippen molar-refractivity contribution in [2.24, 2.45) is 7.05 Å². The number of carbonyl (C=O) groups excluding carboxylic acids is 1. The van der Waals surface area contributed by atoms with Crippen molar-refractivity contribution in [1.82, 2.24) is 19.4 Å². The number of carbonyl (C=O) groups is 1. The second kappa shape index (κ2) is 7.84. The number of ketones is 1. The Bertz CT molecular complexity index is 1000. The Morgan fingerprint density at radius 3 is 2.57 bits per heavy atom. The van der Waals surface area contributed by atoms with Crippen LogP contribution in [0.5, 0.6) is 0 Å². The molecule has 0 saturated carbocycles. The van der Waals surface area contributed by atoms with Crippen LogP contribution in [-0.4, -0.2) is 44.3 Å². The van der Waals surface area contributed by atoms with Gasteiger partial charge in [-0.05, 0) is 57.3 Å². The van der Waals surface area contributed by atoms with E-state index < -0.39 is 0 Å². The lowest BCUT2D eigenvalue weighted by Gasteiger charge is -2.31. The average Bonchev–Trinajstić information content (AvgIpc) is 3.06. The molecule has 2 aromatic heterocycles. The van der Waals surface area contributed by atoms with Crippen LogP contribution in [0.1, 0.15) is 37.7 Å². The average molecular weight is 377 g/mol. The van der Waals surface area contributed by atoms with Crippen molar-refractivity contribution in [2.75, 3.05) is 13.1 Å². The van der Waals surface area contributed by atoms with Crippen LogP contribution in [0.3, 0.4) is 0 Å². The zero-order valence-corrected chi connectivity index (χ0v) is 17.0. The lowest BCUT2D eigenvalue weighted by Crippen LogP contribution is -2.42. The van der Waals surface area contributed by atoms with Gasteiger partial charge in [-0.15, -0.1) is 0 Å². The summed E-state index contributed by atoms with van der Waals surface area (Å²) in [6, 6.07) is 8.38. The lowest BCUT2D eigenvalue weighted by atomic mass is 10.0. The van der Waals surface area contributed by atoms with Gasteiger partial charge in [-0.25, -0.2) is 4.98 Å². The number of pyridine rings is 1. The Hall–Kier alpha value is -2.53. The van der Waals surface area contributed by atoms with Gasteiger partial charge in [0.2, 0.25) is 0 Å². The lowest BCUT2D eigenvalue weighted by molar-refractivity contribution is -0.123. The predicted molar refractivity (Wildman–Crippen MR) is 112 cm³/mol. The fraction of sp³-hybridized carbons (Fsp3) is 0.435. The van der Waals surface area contributed by atoms with Crippen molar-refractivity contribution in [3.8, 4) is 11.3 Å². The van der Waals surface area contributed by atoms with Crippen LogP contribution in [0.15, 0.2) is 36.7 Å². The molecule has 0 spiro atoms. The highest BCUT2D eigenvalue weighted by molar-refractivity contribution is 5.89. The number of aromatic nitrogens is 3. The molecule has 1 aliphatic rings. The molecular weight excluding hydrogens is 348 g/mol. The maximum Gasteiger partial charge on any atom is 0.155 e. The smallest absolute Gasteiger partial charge is 0.155 e. The summed E-state index contributed by atoms with van der Waals surface area (Å²) >= 11 is 0. The number of fused-ring (bicyclic) bond motifs is 1. The molecule has 146 valence electrons. The molecule has 1 unspecified atom stereocenters. The summed E-state index contributed by atoms with van der Waals surface area (Å²) in [7, 11) is 2.03. The molecule has 28 heavy (non-hydrogen) atoms. The minimum atomic E-state index is -0.0263. The van der Waals surface area contributed by atoms with Gasteiger partial charge in [0.1, 0.15) is 5.82 Å². The molecule has 1 aliphatic heterocycles. The second-order valence-corrected chi connectivity index (χ2v) is 7.90. The number of likely N-dealkylation sites (tertiary alicyclic amines) is 1. The summed E-state index contributed by atoms with van der Waals surface area (Å²) in [4.78, 5) is 24.0. The zero-order valence-electron chi connectivity index (χ0n) is 17.0. The predicted octanol–water partition coefficient (Wildman–Crippen LogP) is 3.93. The Kier molecular flexibility index (Phi) is 5.27. The number of nitrogens with zero attached hydrogens (tertiary/aromatic N) is 4. The highest BCUT2D eigenvalue weighted by atomic mass is 16.1. The van der Waals surface area contributed by atoms with Gasteiger partial charge in [-0.2, -0.15) is 0 Å². The Balaban J connectivity index is 1.56. The van der Waals surface area contributed by atoms with E-state index in [2.05, 4.69) is 43.7 Å². The minimum Gasteiger partial charge on any atom is -0.331 e. The quantitative estimate of drug-likeness (QED) is 0.677. The van der Waals surface area contributed by atoms with Crippen LogP contribution in [0.4, 0.5) is 0 Å². The fourth-order valence-corrected chi connectivity index (χ4v) is 4.05. The molecule has 5 heteroatoms. The standard InChI is InChI=1S/C23H28N4O/c1-16(27-9-5-4-6-10-27)23(28)13-21-12-20-11-18(7-8-19(20)14-25-21)22-15-24-17(2)26(22)3/h7-8,11-12,14-16H,4-6,9-10,13H2,1-3H3. The highest BCUT2D eigenvalue weighted by Gasteiger charge is 2.23. The maximum absolute atomic E-state index is 12.8. The molecule has 5 nitrogen and oxygen atoms in total. The van der Waals surface area contributed by atoms with Crippen LogP contribution < -0.4 is 0 Å². The largest absolute Gasteiger partial charge is 0.331 e. The number of piperidine rings is 1. The molecule has 0 aliphatic carbocycles. The van der Waals surface area contributed by atoms with E-state index >= 15 is 0 Å². The van der Waals surface area contributed by atoms with Gasteiger partial charge in [0.15, 0.2) is 5.78 Å². The van der Waals surface area contributed by atoms with E-state index in [1.54, 1.807) is 0 Å². The Labute approximate surface area is 166 Å². The monoisotopic (exact) mass is 376 g/mol. The molecule has 1 aromatic carbocycles. The summed E-state index contributed by atoms with van der Waals surface area (Å²) in [6.45, 7) is 6.11.